The number of amides is 2. The van der Waals surface area contributed by atoms with Gasteiger partial charge in [0.15, 0.2) is 0 Å². The highest BCUT2D eigenvalue weighted by molar-refractivity contribution is 7.07. The van der Waals surface area contributed by atoms with E-state index in [0.29, 0.717) is 17.8 Å². The average molecular weight is 254 g/mol. The number of carbonyl (C=O) groups is 2. The Morgan fingerprint density at radius 2 is 2.29 bits per heavy atom. The molecule has 0 radical (unpaired) electrons. The fraction of sp³-hybridized carbons (Fsp3) is 0.333. The third-order valence-electron chi connectivity index (χ3n) is 2.18. The van der Waals surface area contributed by atoms with Gasteiger partial charge in [0.2, 0.25) is 5.91 Å². The predicted molar refractivity (Wildman–Crippen MR) is 61.6 cm³/mol. The maximum Gasteiger partial charge on any atom is 0.304 e. The van der Waals surface area contributed by atoms with Crippen LogP contribution in [0, 0.1) is 0 Å². The molecular weight excluding hydrogens is 244 g/mol. The van der Waals surface area contributed by atoms with E-state index in [2.05, 4.69) is 20.8 Å². The zero-order valence-corrected chi connectivity index (χ0v) is 9.60. The highest BCUT2D eigenvalue weighted by Gasteiger charge is 2.17. The van der Waals surface area contributed by atoms with Crippen molar-refractivity contribution >= 4 is 28.9 Å². The van der Waals surface area contributed by atoms with Crippen LogP contribution in [0.2, 0.25) is 0 Å². The standard InChI is InChI=1S/C9H10N4O3S/c14-7-2-1-6(12-13-7)8(15)10-3-5-4-17-9(16)11-5/h4H,1-3H2,(H,10,15)(H,11,16)(H,13,14). The molecule has 2 amide bonds. The quantitative estimate of drug-likeness (QED) is 0.665. The Balaban J connectivity index is 1.89. The lowest BCUT2D eigenvalue weighted by atomic mass is 10.1. The molecule has 0 aliphatic carbocycles. The lowest BCUT2D eigenvalue weighted by molar-refractivity contribution is -0.121. The second kappa shape index (κ2) is 4.91. The summed E-state index contributed by atoms with van der Waals surface area (Å²) in [7, 11) is 0. The van der Waals surface area contributed by atoms with Gasteiger partial charge in [-0.1, -0.05) is 11.3 Å². The van der Waals surface area contributed by atoms with Crippen LogP contribution in [0.4, 0.5) is 0 Å². The van der Waals surface area contributed by atoms with Crippen molar-refractivity contribution in [1.29, 1.82) is 0 Å². The van der Waals surface area contributed by atoms with Crippen LogP contribution in [0.15, 0.2) is 15.3 Å². The zero-order chi connectivity index (χ0) is 12.3. The van der Waals surface area contributed by atoms with Crippen LogP contribution in [-0.4, -0.2) is 22.5 Å². The van der Waals surface area contributed by atoms with Gasteiger partial charge in [-0.05, 0) is 0 Å². The minimum absolute atomic E-state index is 0.156. The number of carbonyl (C=O) groups excluding carboxylic acids is 2. The van der Waals surface area contributed by atoms with E-state index < -0.39 is 0 Å². The Hall–Kier alpha value is -1.96. The number of nitrogens with one attached hydrogen (secondary N) is 3. The minimum Gasteiger partial charge on any atom is -0.345 e. The van der Waals surface area contributed by atoms with E-state index in [-0.39, 0.29) is 29.7 Å². The van der Waals surface area contributed by atoms with Gasteiger partial charge >= 0.3 is 4.87 Å². The molecule has 0 saturated carbocycles. The highest BCUT2D eigenvalue weighted by atomic mass is 32.1. The van der Waals surface area contributed by atoms with Crippen molar-refractivity contribution in [3.05, 3.63) is 20.7 Å². The van der Waals surface area contributed by atoms with E-state index in [9.17, 15) is 14.4 Å². The van der Waals surface area contributed by atoms with Crippen molar-refractivity contribution in [3.8, 4) is 0 Å². The number of hydrazone groups is 1. The molecule has 0 saturated heterocycles. The molecule has 2 rings (SSSR count). The summed E-state index contributed by atoms with van der Waals surface area (Å²) in [6.45, 7) is 0.241. The molecule has 0 unspecified atom stereocenters. The molecule has 1 aromatic heterocycles. The van der Waals surface area contributed by atoms with Gasteiger partial charge in [0, 0.05) is 23.9 Å². The first-order valence-corrected chi connectivity index (χ1v) is 5.83. The lowest BCUT2D eigenvalue weighted by Crippen LogP contribution is -2.36. The largest absolute Gasteiger partial charge is 0.345 e. The third kappa shape index (κ3) is 3.00. The van der Waals surface area contributed by atoms with Crippen molar-refractivity contribution in [2.45, 2.75) is 19.4 Å². The Morgan fingerprint density at radius 1 is 1.47 bits per heavy atom. The van der Waals surface area contributed by atoms with E-state index in [4.69, 9.17) is 0 Å². The van der Waals surface area contributed by atoms with Crippen molar-refractivity contribution in [1.82, 2.24) is 15.7 Å². The van der Waals surface area contributed by atoms with Crippen LogP contribution < -0.4 is 15.6 Å². The van der Waals surface area contributed by atoms with Gasteiger partial charge in [0.1, 0.15) is 5.71 Å². The fourth-order valence-corrected chi connectivity index (χ4v) is 1.90. The molecule has 3 N–H and O–H groups in total. The number of aromatic nitrogens is 1. The number of hydrogen-bond acceptors (Lipinski definition) is 5. The SMILES string of the molecule is O=C1CCC(C(=O)NCc2csc(=O)[nH]2)=NN1. The first-order chi connectivity index (χ1) is 8.15. The van der Waals surface area contributed by atoms with Gasteiger partial charge in [-0.2, -0.15) is 5.10 Å². The summed E-state index contributed by atoms with van der Waals surface area (Å²) < 4.78 is 0. The number of aromatic amines is 1. The summed E-state index contributed by atoms with van der Waals surface area (Å²) in [5.74, 6) is -0.527. The molecule has 1 aromatic rings. The van der Waals surface area contributed by atoms with Gasteiger partial charge in [-0.3, -0.25) is 14.4 Å². The second-order valence-corrected chi connectivity index (χ2v) is 4.29. The van der Waals surface area contributed by atoms with Crippen LogP contribution >= 0.6 is 11.3 Å². The summed E-state index contributed by atoms with van der Waals surface area (Å²) >= 11 is 1.04. The summed E-state index contributed by atoms with van der Waals surface area (Å²) in [4.78, 5) is 35.7. The summed E-state index contributed by atoms with van der Waals surface area (Å²) in [6, 6.07) is 0. The minimum atomic E-state index is -0.336. The summed E-state index contributed by atoms with van der Waals surface area (Å²) in [5, 5.41) is 7.92. The fourth-order valence-electron chi connectivity index (χ4n) is 1.32. The third-order valence-corrected chi connectivity index (χ3v) is 2.90. The molecule has 0 fully saturated rings. The van der Waals surface area contributed by atoms with Gasteiger partial charge < -0.3 is 10.3 Å². The summed E-state index contributed by atoms with van der Waals surface area (Å²) in [6.07, 6.45) is 0.597. The topological polar surface area (TPSA) is 103 Å². The molecule has 0 spiro atoms. The van der Waals surface area contributed by atoms with Gasteiger partial charge in [0.05, 0.1) is 6.54 Å². The predicted octanol–water partition coefficient (Wildman–Crippen LogP) is -0.681. The number of thiazole rings is 1. The van der Waals surface area contributed by atoms with Crippen molar-refractivity contribution < 1.29 is 9.59 Å². The average Bonchev–Trinajstić information content (AvgIpc) is 2.73. The molecule has 17 heavy (non-hydrogen) atoms. The molecule has 1 aliphatic rings. The molecule has 7 nitrogen and oxygen atoms in total. The van der Waals surface area contributed by atoms with Gasteiger partial charge in [-0.15, -0.1) is 0 Å². The normalized spacial score (nSPS) is 15.1. The number of nitrogens with zero attached hydrogens (tertiary/aromatic N) is 1. The maximum absolute atomic E-state index is 11.6. The first-order valence-electron chi connectivity index (χ1n) is 4.95. The molecule has 90 valence electrons. The molecule has 0 aromatic carbocycles. The van der Waals surface area contributed by atoms with Crippen LogP contribution in [0.25, 0.3) is 0 Å². The maximum atomic E-state index is 11.6. The molecule has 2 heterocycles. The second-order valence-electron chi connectivity index (χ2n) is 3.45. The van der Waals surface area contributed by atoms with Crippen LogP contribution in [0.5, 0.6) is 0 Å². The van der Waals surface area contributed by atoms with E-state index in [1.54, 1.807) is 5.38 Å². The van der Waals surface area contributed by atoms with Crippen molar-refractivity contribution in [2.24, 2.45) is 5.10 Å². The highest BCUT2D eigenvalue weighted by Crippen LogP contribution is 2.00. The Kier molecular flexibility index (Phi) is 3.33. The Morgan fingerprint density at radius 3 is 2.88 bits per heavy atom. The Bertz CT molecular complexity index is 530. The van der Waals surface area contributed by atoms with E-state index in [0.717, 1.165) is 11.3 Å². The summed E-state index contributed by atoms with van der Waals surface area (Å²) in [5.41, 5.74) is 3.19. The molecule has 0 bridgehead atoms. The number of rotatable bonds is 3. The molecule has 1 aliphatic heterocycles. The molecular formula is C9H10N4O3S. The first kappa shape index (κ1) is 11.5. The van der Waals surface area contributed by atoms with Crippen LogP contribution in [0.1, 0.15) is 18.5 Å². The van der Waals surface area contributed by atoms with E-state index in [1.165, 1.54) is 0 Å². The van der Waals surface area contributed by atoms with Crippen molar-refractivity contribution in [2.75, 3.05) is 0 Å². The lowest BCUT2D eigenvalue weighted by Gasteiger charge is -2.11. The molecule has 0 atom stereocenters. The Labute approximate surface area is 99.9 Å². The monoisotopic (exact) mass is 254 g/mol. The van der Waals surface area contributed by atoms with Crippen LogP contribution in [-0.2, 0) is 16.1 Å². The zero-order valence-electron chi connectivity index (χ0n) is 8.78. The van der Waals surface area contributed by atoms with Crippen molar-refractivity contribution in [3.63, 3.8) is 0 Å². The number of H-pyrrole nitrogens is 1. The molecule has 8 heteroatoms. The van der Waals surface area contributed by atoms with Gasteiger partial charge in [0.25, 0.3) is 5.91 Å². The van der Waals surface area contributed by atoms with E-state index in [1.807, 2.05) is 0 Å². The smallest absolute Gasteiger partial charge is 0.304 e. The van der Waals surface area contributed by atoms with Gasteiger partial charge in [-0.25, -0.2) is 5.43 Å². The van der Waals surface area contributed by atoms with E-state index >= 15 is 0 Å². The number of hydrogen-bond donors (Lipinski definition) is 3. The van der Waals surface area contributed by atoms with Crippen LogP contribution in [0.3, 0.4) is 0 Å².